The molecular weight excluding hydrogens is 210 g/mol. The Morgan fingerprint density at radius 1 is 1.38 bits per heavy atom. The number of carboxylic acid groups (broad SMARTS) is 1. The first kappa shape index (κ1) is 12.2. The summed E-state index contributed by atoms with van der Waals surface area (Å²) in [6, 6.07) is 6.90. The van der Waals surface area contributed by atoms with E-state index in [2.05, 4.69) is 10.1 Å². The van der Waals surface area contributed by atoms with Crippen molar-refractivity contribution in [3.8, 4) is 0 Å². The Kier molecular flexibility index (Phi) is 4.47. The Labute approximate surface area is 93.0 Å². The summed E-state index contributed by atoms with van der Waals surface area (Å²) in [6.07, 6.45) is 0. The van der Waals surface area contributed by atoms with Crippen LogP contribution in [0.15, 0.2) is 24.3 Å². The van der Waals surface area contributed by atoms with Crippen molar-refractivity contribution in [2.24, 2.45) is 0 Å². The van der Waals surface area contributed by atoms with E-state index in [1.165, 1.54) is 7.11 Å². The summed E-state index contributed by atoms with van der Waals surface area (Å²) in [6.45, 7) is 0.174. The van der Waals surface area contributed by atoms with Crippen LogP contribution in [0.1, 0.15) is 15.9 Å². The Hall–Kier alpha value is -1.88. The van der Waals surface area contributed by atoms with E-state index >= 15 is 0 Å². The summed E-state index contributed by atoms with van der Waals surface area (Å²) in [5, 5.41) is 11.2. The monoisotopic (exact) mass is 223 g/mol. The van der Waals surface area contributed by atoms with Gasteiger partial charge in [-0.3, -0.25) is 4.79 Å². The van der Waals surface area contributed by atoms with Crippen LogP contribution in [0.4, 0.5) is 0 Å². The molecule has 0 spiro atoms. The molecule has 1 aromatic carbocycles. The summed E-state index contributed by atoms with van der Waals surface area (Å²) in [4.78, 5) is 21.7. The van der Waals surface area contributed by atoms with Crippen molar-refractivity contribution in [1.29, 1.82) is 0 Å². The third kappa shape index (κ3) is 3.36. The number of benzene rings is 1. The largest absolute Gasteiger partial charge is 0.480 e. The molecule has 5 nitrogen and oxygen atoms in total. The smallest absolute Gasteiger partial charge is 0.338 e. The van der Waals surface area contributed by atoms with Gasteiger partial charge in [-0.25, -0.2) is 4.79 Å². The van der Waals surface area contributed by atoms with Crippen LogP contribution in [-0.2, 0) is 16.1 Å². The number of hydrogen-bond acceptors (Lipinski definition) is 4. The summed E-state index contributed by atoms with van der Waals surface area (Å²) in [5.41, 5.74) is 1.17. The molecular formula is C11H13NO4. The molecule has 0 atom stereocenters. The fourth-order valence-electron chi connectivity index (χ4n) is 1.29. The lowest BCUT2D eigenvalue weighted by atomic mass is 10.1. The summed E-state index contributed by atoms with van der Waals surface area (Å²) >= 11 is 0. The second kappa shape index (κ2) is 5.87. The van der Waals surface area contributed by atoms with E-state index in [0.29, 0.717) is 12.1 Å². The van der Waals surface area contributed by atoms with Crippen LogP contribution in [0.5, 0.6) is 0 Å². The molecule has 0 aliphatic heterocycles. The van der Waals surface area contributed by atoms with Gasteiger partial charge in [0.25, 0.3) is 0 Å². The van der Waals surface area contributed by atoms with Gasteiger partial charge < -0.3 is 15.2 Å². The highest BCUT2D eigenvalue weighted by Gasteiger charge is 2.10. The van der Waals surface area contributed by atoms with Crippen LogP contribution in [0.25, 0.3) is 0 Å². The first-order valence-electron chi connectivity index (χ1n) is 4.74. The average molecular weight is 223 g/mol. The lowest BCUT2D eigenvalue weighted by Crippen LogP contribution is -2.23. The molecule has 1 aromatic rings. The number of methoxy groups -OCH3 is 1. The molecule has 0 unspecified atom stereocenters. The van der Waals surface area contributed by atoms with E-state index in [0.717, 1.165) is 5.56 Å². The minimum Gasteiger partial charge on any atom is -0.480 e. The zero-order valence-corrected chi connectivity index (χ0v) is 8.90. The summed E-state index contributed by atoms with van der Waals surface area (Å²) in [7, 11) is 1.31. The Morgan fingerprint density at radius 2 is 2.06 bits per heavy atom. The molecule has 0 fully saturated rings. The molecule has 0 aliphatic rings. The van der Waals surface area contributed by atoms with Crippen LogP contribution in [0.2, 0.25) is 0 Å². The van der Waals surface area contributed by atoms with Gasteiger partial charge in [-0.1, -0.05) is 18.2 Å². The van der Waals surface area contributed by atoms with Gasteiger partial charge in [0.05, 0.1) is 19.2 Å². The number of carbonyl (C=O) groups excluding carboxylic acids is 1. The van der Waals surface area contributed by atoms with Crippen molar-refractivity contribution >= 4 is 11.9 Å². The van der Waals surface area contributed by atoms with Gasteiger partial charge in [0.2, 0.25) is 0 Å². The number of carboxylic acids is 1. The highest BCUT2D eigenvalue weighted by atomic mass is 16.5. The maximum atomic E-state index is 11.4. The first-order valence-corrected chi connectivity index (χ1v) is 4.74. The van der Waals surface area contributed by atoms with Gasteiger partial charge in [0, 0.05) is 6.54 Å². The number of rotatable bonds is 5. The first-order chi connectivity index (χ1) is 7.65. The maximum absolute atomic E-state index is 11.4. The van der Waals surface area contributed by atoms with Gasteiger partial charge in [0.15, 0.2) is 0 Å². The predicted octanol–water partition coefficient (Wildman–Crippen LogP) is 0.647. The van der Waals surface area contributed by atoms with Crippen molar-refractivity contribution in [2.45, 2.75) is 6.54 Å². The number of nitrogens with one attached hydrogen (secondary N) is 1. The molecule has 86 valence electrons. The molecule has 0 bridgehead atoms. The minimum absolute atomic E-state index is 0.143. The van der Waals surface area contributed by atoms with Gasteiger partial charge >= 0.3 is 11.9 Å². The highest BCUT2D eigenvalue weighted by Crippen LogP contribution is 2.09. The number of esters is 1. The van der Waals surface area contributed by atoms with Crippen LogP contribution in [0, 0.1) is 0 Å². The fraction of sp³-hybridized carbons (Fsp3) is 0.273. The van der Waals surface area contributed by atoms with E-state index < -0.39 is 11.9 Å². The van der Waals surface area contributed by atoms with Crippen molar-refractivity contribution in [3.63, 3.8) is 0 Å². The van der Waals surface area contributed by atoms with E-state index in [1.807, 2.05) is 0 Å². The minimum atomic E-state index is -0.935. The van der Waals surface area contributed by atoms with Crippen molar-refractivity contribution in [3.05, 3.63) is 35.4 Å². The van der Waals surface area contributed by atoms with Gasteiger partial charge in [-0.05, 0) is 11.6 Å². The standard InChI is InChI=1S/C11H13NO4/c1-16-11(15)9-5-3-2-4-8(9)6-12-7-10(13)14/h2-5,12H,6-7H2,1H3,(H,13,14). The second-order valence-corrected chi connectivity index (χ2v) is 3.15. The number of hydrogen-bond donors (Lipinski definition) is 2. The Bertz CT molecular complexity index is 389. The summed E-state index contributed by atoms with van der Waals surface area (Å²) < 4.78 is 4.62. The van der Waals surface area contributed by atoms with E-state index in [1.54, 1.807) is 24.3 Å². The van der Waals surface area contributed by atoms with Crippen LogP contribution in [-0.4, -0.2) is 30.7 Å². The predicted molar refractivity (Wildman–Crippen MR) is 57.1 cm³/mol. The topological polar surface area (TPSA) is 75.6 Å². The fourth-order valence-corrected chi connectivity index (χ4v) is 1.29. The molecule has 5 heteroatoms. The van der Waals surface area contributed by atoms with E-state index in [4.69, 9.17) is 5.11 Å². The van der Waals surface area contributed by atoms with Crippen LogP contribution >= 0.6 is 0 Å². The SMILES string of the molecule is COC(=O)c1ccccc1CNCC(=O)O. The van der Waals surface area contributed by atoms with Crippen molar-refractivity contribution < 1.29 is 19.4 Å². The number of ether oxygens (including phenoxy) is 1. The molecule has 0 amide bonds. The second-order valence-electron chi connectivity index (χ2n) is 3.15. The summed E-state index contributed by atoms with van der Waals surface area (Å²) in [5.74, 6) is -1.36. The zero-order valence-electron chi connectivity index (χ0n) is 8.90. The quantitative estimate of drug-likeness (QED) is 0.717. The molecule has 0 saturated carbocycles. The maximum Gasteiger partial charge on any atom is 0.338 e. The average Bonchev–Trinajstić information content (AvgIpc) is 2.28. The van der Waals surface area contributed by atoms with Gasteiger partial charge in [0.1, 0.15) is 0 Å². The van der Waals surface area contributed by atoms with E-state index in [9.17, 15) is 9.59 Å². The van der Waals surface area contributed by atoms with Crippen LogP contribution in [0.3, 0.4) is 0 Å². The molecule has 0 aromatic heterocycles. The van der Waals surface area contributed by atoms with Crippen LogP contribution < -0.4 is 5.32 Å². The number of carbonyl (C=O) groups is 2. The molecule has 1 rings (SSSR count). The van der Waals surface area contributed by atoms with Crippen molar-refractivity contribution in [2.75, 3.05) is 13.7 Å². The molecule has 16 heavy (non-hydrogen) atoms. The molecule has 0 heterocycles. The lowest BCUT2D eigenvalue weighted by Gasteiger charge is -2.07. The third-order valence-electron chi connectivity index (χ3n) is 2.01. The van der Waals surface area contributed by atoms with E-state index in [-0.39, 0.29) is 6.54 Å². The Morgan fingerprint density at radius 3 is 2.69 bits per heavy atom. The molecule has 0 saturated heterocycles. The lowest BCUT2D eigenvalue weighted by molar-refractivity contribution is -0.135. The zero-order chi connectivity index (χ0) is 12.0. The normalized spacial score (nSPS) is 9.81. The molecule has 0 aliphatic carbocycles. The molecule has 0 radical (unpaired) electrons. The van der Waals surface area contributed by atoms with Gasteiger partial charge in [-0.15, -0.1) is 0 Å². The number of aliphatic carboxylic acids is 1. The van der Waals surface area contributed by atoms with Crippen molar-refractivity contribution in [1.82, 2.24) is 5.32 Å². The Balaban J connectivity index is 2.71. The highest BCUT2D eigenvalue weighted by molar-refractivity contribution is 5.90. The third-order valence-corrected chi connectivity index (χ3v) is 2.01. The van der Waals surface area contributed by atoms with Gasteiger partial charge in [-0.2, -0.15) is 0 Å². The molecule has 2 N–H and O–H groups in total.